The van der Waals surface area contributed by atoms with E-state index >= 15 is 0 Å². The van der Waals surface area contributed by atoms with Gasteiger partial charge in [-0.2, -0.15) is 0 Å². The molecule has 0 amide bonds. The number of pyridine rings is 1. The number of nitrogens with zero attached hydrogens (tertiary/aromatic N) is 3. The molecule has 0 aliphatic heterocycles. The van der Waals surface area contributed by atoms with Gasteiger partial charge in [-0.15, -0.1) is 0 Å². The lowest BCUT2D eigenvalue weighted by molar-refractivity contribution is 0.581. The Hall–Kier alpha value is -2.19. The van der Waals surface area contributed by atoms with E-state index in [-0.39, 0.29) is 6.54 Å². The summed E-state index contributed by atoms with van der Waals surface area (Å²) in [7, 11) is -3.22. The summed E-state index contributed by atoms with van der Waals surface area (Å²) in [4.78, 5) is 8.62. The molecule has 1 aromatic carbocycles. The summed E-state index contributed by atoms with van der Waals surface area (Å²) in [5.74, 6) is 0.346. The first kappa shape index (κ1) is 13.8. The molecule has 21 heavy (non-hydrogen) atoms. The number of hydrogen-bond donors (Lipinski definition) is 2. The largest absolute Gasteiger partial charge is 0.369 e. The number of nitrogens with two attached hydrogens (primary N) is 1. The number of para-hydroxylation sites is 1. The minimum Gasteiger partial charge on any atom is -0.369 e. The topological polar surface area (TPSA) is 103 Å². The third-order valence-electron chi connectivity index (χ3n) is 3.21. The maximum atomic E-state index is 11.1. The van der Waals surface area contributed by atoms with E-state index in [9.17, 15) is 8.42 Å². The molecule has 0 radical (unpaired) electrons. The number of imidazole rings is 1. The average Bonchev–Trinajstić information content (AvgIpc) is 2.74. The summed E-state index contributed by atoms with van der Waals surface area (Å²) in [5.41, 5.74) is 8.36. The van der Waals surface area contributed by atoms with Crippen LogP contribution in [0.4, 0.5) is 5.95 Å². The molecule has 0 saturated carbocycles. The molecule has 0 spiro atoms. The fourth-order valence-corrected chi connectivity index (χ4v) is 2.81. The summed E-state index contributed by atoms with van der Waals surface area (Å²) in [6.45, 7) is 0.661. The van der Waals surface area contributed by atoms with Gasteiger partial charge >= 0.3 is 0 Å². The van der Waals surface area contributed by atoms with Gasteiger partial charge in [0.1, 0.15) is 5.52 Å². The van der Waals surface area contributed by atoms with Gasteiger partial charge in [0.2, 0.25) is 16.0 Å². The van der Waals surface area contributed by atoms with Crippen LogP contribution >= 0.6 is 0 Å². The quantitative estimate of drug-likeness (QED) is 0.739. The van der Waals surface area contributed by atoms with E-state index in [4.69, 9.17) is 5.73 Å². The van der Waals surface area contributed by atoms with Crippen molar-refractivity contribution in [3.05, 3.63) is 30.5 Å². The molecule has 0 bridgehead atoms. The number of fused-ring (bicyclic) bond motifs is 3. The molecular formula is C13H15N5O2S. The van der Waals surface area contributed by atoms with Crippen molar-refractivity contribution >= 4 is 37.9 Å². The Kier molecular flexibility index (Phi) is 3.26. The van der Waals surface area contributed by atoms with Gasteiger partial charge in [-0.05, 0) is 6.07 Å². The molecule has 0 saturated heterocycles. The van der Waals surface area contributed by atoms with Crippen LogP contribution in [0.2, 0.25) is 0 Å². The number of aromatic nitrogens is 3. The smallest absolute Gasteiger partial charge is 0.208 e. The number of benzene rings is 1. The van der Waals surface area contributed by atoms with Gasteiger partial charge in [-0.3, -0.25) is 4.98 Å². The maximum Gasteiger partial charge on any atom is 0.208 e. The highest BCUT2D eigenvalue weighted by Crippen LogP contribution is 2.25. The second-order valence-electron chi connectivity index (χ2n) is 4.80. The van der Waals surface area contributed by atoms with Gasteiger partial charge in [-0.1, -0.05) is 18.2 Å². The van der Waals surface area contributed by atoms with Crippen LogP contribution in [-0.4, -0.2) is 35.8 Å². The predicted octanol–water partition coefficient (Wildman–Crippen LogP) is 0.716. The van der Waals surface area contributed by atoms with Crippen LogP contribution in [-0.2, 0) is 16.6 Å². The van der Waals surface area contributed by atoms with Crippen molar-refractivity contribution in [3.8, 4) is 0 Å². The number of anilines is 1. The average molecular weight is 305 g/mol. The molecule has 0 atom stereocenters. The van der Waals surface area contributed by atoms with Crippen molar-refractivity contribution in [1.82, 2.24) is 19.3 Å². The Morgan fingerprint density at radius 1 is 1.29 bits per heavy atom. The van der Waals surface area contributed by atoms with Gasteiger partial charge in [0.05, 0.1) is 23.5 Å². The minimum absolute atomic E-state index is 0.255. The molecule has 0 fully saturated rings. The van der Waals surface area contributed by atoms with Crippen molar-refractivity contribution in [2.45, 2.75) is 6.54 Å². The van der Waals surface area contributed by atoms with E-state index in [1.54, 1.807) is 10.8 Å². The number of nitrogens with one attached hydrogen (secondary N) is 1. The number of sulfonamides is 1. The van der Waals surface area contributed by atoms with E-state index in [1.807, 2.05) is 24.3 Å². The first-order valence-corrected chi connectivity index (χ1v) is 8.29. The molecule has 2 aromatic heterocycles. The Morgan fingerprint density at radius 3 is 2.81 bits per heavy atom. The SMILES string of the molecule is CS(=O)(=O)NCCn1c(N)nc2cnc3ccccc3c21. The maximum absolute atomic E-state index is 11.1. The summed E-state index contributed by atoms with van der Waals surface area (Å²) in [6, 6.07) is 7.70. The summed E-state index contributed by atoms with van der Waals surface area (Å²) in [5, 5.41) is 0.943. The monoisotopic (exact) mass is 305 g/mol. The zero-order valence-electron chi connectivity index (χ0n) is 11.4. The first-order valence-electron chi connectivity index (χ1n) is 6.40. The molecule has 0 aliphatic rings. The first-order chi connectivity index (χ1) is 9.96. The highest BCUT2D eigenvalue weighted by molar-refractivity contribution is 7.88. The highest BCUT2D eigenvalue weighted by atomic mass is 32.2. The van der Waals surface area contributed by atoms with Crippen LogP contribution in [0.1, 0.15) is 0 Å². The van der Waals surface area contributed by atoms with Gasteiger partial charge < -0.3 is 10.3 Å². The Labute approximate surface area is 121 Å². The zero-order chi connectivity index (χ0) is 15.0. The van der Waals surface area contributed by atoms with Crippen molar-refractivity contribution in [2.75, 3.05) is 18.5 Å². The third kappa shape index (κ3) is 2.67. The second-order valence-corrected chi connectivity index (χ2v) is 6.63. The summed E-state index contributed by atoms with van der Waals surface area (Å²) >= 11 is 0. The lowest BCUT2D eigenvalue weighted by Crippen LogP contribution is -2.26. The standard InChI is InChI=1S/C13H15N5O2S/c1-21(19,20)16-6-7-18-12-9-4-2-3-5-10(9)15-8-11(12)17-13(18)14/h2-5,8,16H,6-7H2,1H3,(H2,14,17). The second kappa shape index (κ2) is 4.97. The van der Waals surface area contributed by atoms with Gasteiger partial charge in [0, 0.05) is 18.5 Å². The van der Waals surface area contributed by atoms with Crippen molar-refractivity contribution in [3.63, 3.8) is 0 Å². The normalized spacial score (nSPS) is 12.2. The molecule has 0 aliphatic carbocycles. The molecule has 7 nitrogen and oxygen atoms in total. The molecule has 0 unspecified atom stereocenters. The molecule has 3 N–H and O–H groups in total. The molecular weight excluding hydrogens is 290 g/mol. The molecule has 8 heteroatoms. The van der Waals surface area contributed by atoms with E-state index < -0.39 is 10.0 Å². The van der Waals surface area contributed by atoms with Crippen LogP contribution in [0.25, 0.3) is 21.9 Å². The fourth-order valence-electron chi connectivity index (χ4n) is 2.35. The van der Waals surface area contributed by atoms with Crippen molar-refractivity contribution in [2.24, 2.45) is 0 Å². The third-order valence-corrected chi connectivity index (χ3v) is 3.94. The molecule has 3 rings (SSSR count). The molecule has 2 heterocycles. The molecule has 3 aromatic rings. The van der Waals surface area contributed by atoms with Crippen molar-refractivity contribution < 1.29 is 8.42 Å². The van der Waals surface area contributed by atoms with Gasteiger partial charge in [-0.25, -0.2) is 18.1 Å². The Morgan fingerprint density at radius 2 is 2.05 bits per heavy atom. The van der Waals surface area contributed by atoms with Gasteiger partial charge in [0.25, 0.3) is 0 Å². The van der Waals surface area contributed by atoms with Crippen LogP contribution in [0, 0.1) is 0 Å². The van der Waals surface area contributed by atoms with Crippen LogP contribution < -0.4 is 10.5 Å². The number of nitrogen functional groups attached to an aromatic ring is 1. The van der Waals surface area contributed by atoms with E-state index in [0.29, 0.717) is 18.0 Å². The highest BCUT2D eigenvalue weighted by Gasteiger charge is 2.12. The van der Waals surface area contributed by atoms with Gasteiger partial charge in [0.15, 0.2) is 0 Å². The van der Waals surface area contributed by atoms with Crippen LogP contribution in [0.5, 0.6) is 0 Å². The predicted molar refractivity (Wildman–Crippen MR) is 82.3 cm³/mol. The summed E-state index contributed by atoms with van der Waals surface area (Å²) < 4.78 is 26.5. The fraction of sp³-hybridized carbons (Fsp3) is 0.231. The van der Waals surface area contributed by atoms with Crippen LogP contribution in [0.15, 0.2) is 30.5 Å². The minimum atomic E-state index is -3.22. The number of rotatable bonds is 4. The Bertz CT molecular complexity index is 917. The number of hydrogen-bond acceptors (Lipinski definition) is 5. The lowest BCUT2D eigenvalue weighted by atomic mass is 10.2. The van der Waals surface area contributed by atoms with Crippen molar-refractivity contribution in [1.29, 1.82) is 0 Å². The van der Waals surface area contributed by atoms with E-state index in [0.717, 1.165) is 22.7 Å². The van der Waals surface area contributed by atoms with E-state index in [2.05, 4.69) is 14.7 Å². The van der Waals surface area contributed by atoms with E-state index in [1.165, 1.54) is 0 Å². The lowest BCUT2D eigenvalue weighted by Gasteiger charge is -2.08. The zero-order valence-corrected chi connectivity index (χ0v) is 12.3. The summed E-state index contributed by atoms with van der Waals surface area (Å²) in [6.07, 6.45) is 2.80. The van der Waals surface area contributed by atoms with Crippen LogP contribution in [0.3, 0.4) is 0 Å². The Balaban J connectivity index is 2.08. The molecule has 110 valence electrons.